The SMILES string of the molecule is Oc1ccc(C2C=CCCC2)cc1.c1cc2cc-2c1. The van der Waals surface area contributed by atoms with Crippen molar-refractivity contribution >= 4 is 0 Å². The van der Waals surface area contributed by atoms with Crippen molar-refractivity contribution in [3.8, 4) is 16.9 Å². The predicted octanol–water partition coefficient (Wildman–Crippen LogP) is 4.88. The van der Waals surface area contributed by atoms with Gasteiger partial charge >= 0.3 is 0 Å². The molecule has 1 heteroatoms. The first-order chi connectivity index (χ1) is 9.33. The number of benzene rings is 2. The Kier molecular flexibility index (Phi) is 3.37. The number of allylic oxidation sites excluding steroid dienone is 2. The summed E-state index contributed by atoms with van der Waals surface area (Å²) in [5.41, 5.74) is 4.17. The van der Waals surface area contributed by atoms with Crippen molar-refractivity contribution in [2.75, 3.05) is 0 Å². The Hall–Kier alpha value is -2.02. The lowest BCUT2D eigenvalue weighted by molar-refractivity contribution is 0.475. The Balaban J connectivity index is 0.000000151. The molecule has 0 heterocycles. The molecule has 0 amide bonds. The minimum absolute atomic E-state index is 0.350. The van der Waals surface area contributed by atoms with Crippen molar-refractivity contribution in [3.05, 3.63) is 66.2 Å². The molecule has 0 saturated heterocycles. The Morgan fingerprint density at radius 2 is 1.68 bits per heavy atom. The normalized spacial score (nSPS) is 18.4. The van der Waals surface area contributed by atoms with Crippen LogP contribution in [-0.4, -0.2) is 5.11 Å². The van der Waals surface area contributed by atoms with Crippen LogP contribution in [0.2, 0.25) is 0 Å². The summed E-state index contributed by atoms with van der Waals surface area (Å²) in [6.07, 6.45) is 8.26. The molecule has 0 saturated carbocycles. The molecule has 96 valence electrons. The molecular weight excluding hydrogens is 232 g/mol. The first-order valence-corrected chi connectivity index (χ1v) is 6.89. The van der Waals surface area contributed by atoms with Crippen LogP contribution in [0, 0.1) is 0 Å². The van der Waals surface area contributed by atoms with Gasteiger partial charge in [-0.05, 0) is 54.2 Å². The number of fused-ring (bicyclic) bond motifs is 1. The molecule has 0 fully saturated rings. The van der Waals surface area contributed by atoms with E-state index in [0.717, 1.165) is 0 Å². The molecule has 3 aliphatic rings. The highest BCUT2D eigenvalue weighted by Crippen LogP contribution is 2.32. The Labute approximate surface area is 114 Å². The highest BCUT2D eigenvalue weighted by molar-refractivity contribution is 5.80. The van der Waals surface area contributed by atoms with Gasteiger partial charge in [-0.15, -0.1) is 0 Å². The van der Waals surface area contributed by atoms with Crippen LogP contribution in [0.4, 0.5) is 0 Å². The van der Waals surface area contributed by atoms with Gasteiger partial charge in [0.1, 0.15) is 5.75 Å². The molecule has 1 aromatic rings. The first kappa shape index (κ1) is 12.0. The lowest BCUT2D eigenvalue weighted by Crippen LogP contribution is -1.98. The zero-order valence-corrected chi connectivity index (χ0v) is 10.9. The van der Waals surface area contributed by atoms with Gasteiger partial charge in [0.05, 0.1) is 0 Å². The highest BCUT2D eigenvalue weighted by atomic mass is 16.3. The fourth-order valence-corrected chi connectivity index (χ4v) is 2.49. The summed E-state index contributed by atoms with van der Waals surface area (Å²) in [5, 5.41) is 9.14. The van der Waals surface area contributed by atoms with Crippen molar-refractivity contribution in [1.29, 1.82) is 0 Å². The monoisotopic (exact) mass is 250 g/mol. The van der Waals surface area contributed by atoms with Gasteiger partial charge in [0, 0.05) is 5.92 Å². The van der Waals surface area contributed by atoms with Crippen LogP contribution in [0.15, 0.2) is 60.7 Å². The average Bonchev–Trinajstić information content (AvgIpc) is 3.07. The van der Waals surface area contributed by atoms with Crippen molar-refractivity contribution < 1.29 is 5.11 Å². The van der Waals surface area contributed by atoms with E-state index >= 15 is 0 Å². The van der Waals surface area contributed by atoms with Gasteiger partial charge in [-0.25, -0.2) is 0 Å². The number of phenolic OH excluding ortho intramolecular Hbond substituents is 1. The minimum atomic E-state index is 0.350. The van der Waals surface area contributed by atoms with E-state index in [0.29, 0.717) is 11.7 Å². The quantitative estimate of drug-likeness (QED) is 0.610. The summed E-state index contributed by atoms with van der Waals surface area (Å²) >= 11 is 0. The summed E-state index contributed by atoms with van der Waals surface area (Å²) in [6, 6.07) is 16.0. The van der Waals surface area contributed by atoms with Gasteiger partial charge in [-0.3, -0.25) is 0 Å². The van der Waals surface area contributed by atoms with E-state index in [1.807, 2.05) is 12.1 Å². The third-order valence-corrected chi connectivity index (χ3v) is 3.69. The number of aromatic hydroxyl groups is 1. The second-order valence-electron chi connectivity index (χ2n) is 5.14. The van der Waals surface area contributed by atoms with Gasteiger partial charge in [0.15, 0.2) is 0 Å². The molecule has 0 aliphatic heterocycles. The first-order valence-electron chi connectivity index (χ1n) is 6.89. The largest absolute Gasteiger partial charge is 0.508 e. The molecular formula is C18H18O. The second kappa shape index (κ2) is 5.31. The predicted molar refractivity (Wildman–Crippen MR) is 79.3 cm³/mol. The second-order valence-corrected chi connectivity index (χ2v) is 5.14. The van der Waals surface area contributed by atoms with Crippen molar-refractivity contribution in [2.24, 2.45) is 0 Å². The molecule has 1 unspecified atom stereocenters. The van der Waals surface area contributed by atoms with E-state index in [-0.39, 0.29) is 0 Å². The maximum absolute atomic E-state index is 9.14. The smallest absolute Gasteiger partial charge is 0.115 e. The van der Waals surface area contributed by atoms with Gasteiger partial charge in [0.2, 0.25) is 0 Å². The topological polar surface area (TPSA) is 20.2 Å². The summed E-state index contributed by atoms with van der Waals surface area (Å²) in [4.78, 5) is 0. The van der Waals surface area contributed by atoms with E-state index in [9.17, 15) is 0 Å². The number of rotatable bonds is 1. The third-order valence-electron chi connectivity index (χ3n) is 3.69. The van der Waals surface area contributed by atoms with E-state index in [1.165, 1.54) is 36.0 Å². The van der Waals surface area contributed by atoms with E-state index in [2.05, 4.69) is 36.4 Å². The fraction of sp³-hybridized carbons (Fsp3) is 0.222. The Bertz CT molecular complexity index is 564. The summed E-state index contributed by atoms with van der Waals surface area (Å²) in [6.45, 7) is 0. The molecule has 0 radical (unpaired) electrons. The van der Waals surface area contributed by atoms with Crippen LogP contribution < -0.4 is 0 Å². The van der Waals surface area contributed by atoms with Crippen LogP contribution in [0.5, 0.6) is 5.75 Å². The zero-order chi connectivity index (χ0) is 13.1. The summed E-state index contributed by atoms with van der Waals surface area (Å²) in [5.74, 6) is 0.915. The Morgan fingerprint density at radius 3 is 2.16 bits per heavy atom. The standard InChI is InChI=1S/C12H14O.C6H4/c13-12-8-6-11(7-9-12)10-4-2-1-3-5-10;1-2-5-4-6(5)3-1/h2,4,6-10,13H,1,3,5H2;1-4H. The highest BCUT2D eigenvalue weighted by Gasteiger charge is 2.10. The van der Waals surface area contributed by atoms with Crippen LogP contribution in [0.3, 0.4) is 0 Å². The molecule has 1 nitrogen and oxygen atoms in total. The maximum Gasteiger partial charge on any atom is 0.115 e. The minimum Gasteiger partial charge on any atom is -0.508 e. The molecule has 0 aromatic heterocycles. The van der Waals surface area contributed by atoms with Gasteiger partial charge in [-0.2, -0.15) is 0 Å². The van der Waals surface area contributed by atoms with Crippen LogP contribution in [0.1, 0.15) is 30.7 Å². The lowest BCUT2D eigenvalue weighted by Gasteiger charge is -2.16. The number of hydrogen-bond acceptors (Lipinski definition) is 1. The number of phenols is 1. The van der Waals surface area contributed by atoms with Crippen molar-refractivity contribution in [3.63, 3.8) is 0 Å². The Morgan fingerprint density at radius 1 is 0.947 bits per heavy atom. The van der Waals surface area contributed by atoms with Crippen molar-refractivity contribution in [2.45, 2.75) is 25.2 Å². The molecule has 0 bridgehead atoms. The number of hydrogen-bond donors (Lipinski definition) is 1. The molecule has 1 atom stereocenters. The molecule has 19 heavy (non-hydrogen) atoms. The van der Waals surface area contributed by atoms with E-state index in [1.54, 1.807) is 12.1 Å². The van der Waals surface area contributed by atoms with E-state index in [4.69, 9.17) is 5.11 Å². The summed E-state index contributed by atoms with van der Waals surface area (Å²) in [7, 11) is 0. The lowest BCUT2D eigenvalue weighted by atomic mass is 9.89. The average molecular weight is 250 g/mol. The van der Waals surface area contributed by atoms with Crippen LogP contribution >= 0.6 is 0 Å². The molecule has 1 N–H and O–H groups in total. The van der Waals surface area contributed by atoms with Crippen LogP contribution in [-0.2, 0) is 0 Å². The zero-order valence-electron chi connectivity index (χ0n) is 10.9. The van der Waals surface area contributed by atoms with Gasteiger partial charge < -0.3 is 5.11 Å². The fourth-order valence-electron chi connectivity index (χ4n) is 2.49. The summed E-state index contributed by atoms with van der Waals surface area (Å²) < 4.78 is 0. The molecule has 0 spiro atoms. The molecule has 1 aromatic carbocycles. The van der Waals surface area contributed by atoms with E-state index < -0.39 is 0 Å². The third kappa shape index (κ3) is 3.05. The van der Waals surface area contributed by atoms with Crippen molar-refractivity contribution in [1.82, 2.24) is 0 Å². The van der Waals surface area contributed by atoms with Gasteiger partial charge in [-0.1, -0.05) is 42.5 Å². The van der Waals surface area contributed by atoms with Crippen LogP contribution in [0.25, 0.3) is 11.1 Å². The molecule has 4 rings (SSSR count). The van der Waals surface area contributed by atoms with Gasteiger partial charge in [0.25, 0.3) is 0 Å². The maximum atomic E-state index is 9.14. The molecule has 3 aliphatic carbocycles.